The van der Waals surface area contributed by atoms with Gasteiger partial charge in [-0.2, -0.15) is 0 Å². The first-order valence-electron chi connectivity index (χ1n) is 9.21. The van der Waals surface area contributed by atoms with Gasteiger partial charge in [0.25, 0.3) is 5.91 Å². The summed E-state index contributed by atoms with van der Waals surface area (Å²) in [5.41, 5.74) is 2.06. The Morgan fingerprint density at radius 2 is 2.11 bits per heavy atom. The number of rotatable bonds is 8. The zero-order valence-corrected chi connectivity index (χ0v) is 18.0. The number of carbonyl (C=O) groups is 1. The lowest BCUT2D eigenvalue weighted by Crippen LogP contribution is -2.38. The monoisotopic (exact) mass is 403 g/mol. The topological polar surface area (TPSA) is 70.1 Å². The Labute approximate surface area is 171 Å². The van der Waals surface area contributed by atoms with Crippen molar-refractivity contribution in [3.8, 4) is 5.75 Å². The van der Waals surface area contributed by atoms with Crippen LogP contribution >= 0.6 is 11.3 Å². The Bertz CT molecular complexity index is 803. The van der Waals surface area contributed by atoms with Crippen molar-refractivity contribution in [2.24, 2.45) is 4.99 Å². The fourth-order valence-electron chi connectivity index (χ4n) is 2.44. The molecule has 0 saturated heterocycles. The van der Waals surface area contributed by atoms with Crippen LogP contribution in [0, 0.1) is 6.92 Å². The Kier molecular flexibility index (Phi) is 8.25. The Balaban J connectivity index is 2.01. The minimum Gasteiger partial charge on any atom is -0.484 e. The number of hydrogen-bond acceptors (Lipinski definition) is 5. The summed E-state index contributed by atoms with van der Waals surface area (Å²) in [6.07, 6.45) is 0. The molecule has 0 radical (unpaired) electrons. The molecule has 7 nitrogen and oxygen atoms in total. The first-order valence-corrected chi connectivity index (χ1v) is 10.1. The SMILES string of the molecule is CCNC(=NCc1cccc(OCC(=O)N(C)C)c1)N(C)Cc1csc(C)n1. The summed E-state index contributed by atoms with van der Waals surface area (Å²) in [6.45, 7) is 6.09. The van der Waals surface area contributed by atoms with E-state index in [0.29, 0.717) is 18.8 Å². The fourth-order valence-corrected chi connectivity index (χ4v) is 3.05. The van der Waals surface area contributed by atoms with E-state index in [0.717, 1.165) is 28.8 Å². The molecule has 0 fully saturated rings. The highest BCUT2D eigenvalue weighted by atomic mass is 32.1. The number of aryl methyl sites for hydroxylation is 1. The summed E-state index contributed by atoms with van der Waals surface area (Å²) in [7, 11) is 5.42. The Morgan fingerprint density at radius 1 is 1.32 bits per heavy atom. The smallest absolute Gasteiger partial charge is 0.259 e. The van der Waals surface area contributed by atoms with E-state index < -0.39 is 0 Å². The summed E-state index contributed by atoms with van der Waals surface area (Å²) in [5.74, 6) is 1.42. The maximum absolute atomic E-state index is 11.7. The number of ether oxygens (including phenoxy) is 1. The number of aromatic nitrogens is 1. The minimum absolute atomic E-state index is 0.0259. The van der Waals surface area contributed by atoms with Gasteiger partial charge in [0, 0.05) is 33.1 Å². The Hall–Kier alpha value is -2.61. The zero-order valence-electron chi connectivity index (χ0n) is 17.2. The van der Waals surface area contributed by atoms with Crippen LogP contribution in [0.3, 0.4) is 0 Å². The summed E-state index contributed by atoms with van der Waals surface area (Å²) in [6, 6.07) is 7.67. The molecule has 1 heterocycles. The van der Waals surface area contributed by atoms with Crippen LogP contribution in [0.5, 0.6) is 5.75 Å². The molecule has 0 aliphatic heterocycles. The molecular formula is C20H29N5O2S. The lowest BCUT2D eigenvalue weighted by Gasteiger charge is -2.21. The summed E-state index contributed by atoms with van der Waals surface area (Å²) < 4.78 is 5.58. The van der Waals surface area contributed by atoms with Crippen LogP contribution in [0.1, 0.15) is 23.2 Å². The van der Waals surface area contributed by atoms with Crippen LogP contribution < -0.4 is 10.1 Å². The molecule has 0 saturated carbocycles. The molecule has 28 heavy (non-hydrogen) atoms. The quantitative estimate of drug-likeness (QED) is 0.542. The van der Waals surface area contributed by atoms with Gasteiger partial charge in [-0.15, -0.1) is 11.3 Å². The average Bonchev–Trinajstić information content (AvgIpc) is 3.07. The highest BCUT2D eigenvalue weighted by Gasteiger charge is 2.09. The van der Waals surface area contributed by atoms with Gasteiger partial charge in [-0.05, 0) is 31.5 Å². The lowest BCUT2D eigenvalue weighted by molar-refractivity contribution is -0.130. The highest BCUT2D eigenvalue weighted by Crippen LogP contribution is 2.15. The van der Waals surface area contributed by atoms with E-state index in [4.69, 9.17) is 9.73 Å². The minimum atomic E-state index is -0.0724. The molecule has 1 N–H and O–H groups in total. The van der Waals surface area contributed by atoms with Crippen LogP contribution in [0.2, 0.25) is 0 Å². The largest absolute Gasteiger partial charge is 0.484 e. The fraction of sp³-hybridized carbons (Fsp3) is 0.450. The molecule has 0 spiro atoms. The van der Waals surface area contributed by atoms with Crippen molar-refractivity contribution in [3.05, 3.63) is 45.9 Å². The number of likely N-dealkylation sites (N-methyl/N-ethyl adjacent to an activating group) is 1. The molecule has 0 aliphatic carbocycles. The number of nitrogens with zero attached hydrogens (tertiary/aromatic N) is 4. The molecule has 8 heteroatoms. The van der Waals surface area contributed by atoms with Gasteiger partial charge in [0.1, 0.15) is 5.75 Å². The van der Waals surface area contributed by atoms with Crippen molar-refractivity contribution in [1.82, 2.24) is 20.1 Å². The third kappa shape index (κ3) is 6.84. The molecule has 1 aromatic carbocycles. The average molecular weight is 404 g/mol. The highest BCUT2D eigenvalue weighted by molar-refractivity contribution is 7.09. The normalized spacial score (nSPS) is 11.2. The molecular weight excluding hydrogens is 374 g/mol. The van der Waals surface area contributed by atoms with Crippen LogP contribution in [-0.2, 0) is 17.9 Å². The molecule has 152 valence electrons. The van der Waals surface area contributed by atoms with Gasteiger partial charge in [-0.3, -0.25) is 4.79 Å². The van der Waals surface area contributed by atoms with Crippen molar-refractivity contribution in [2.75, 3.05) is 34.3 Å². The standard InChI is InChI=1S/C20H29N5O2S/c1-6-21-20(25(5)12-17-14-28-15(2)23-17)22-11-16-8-7-9-18(10-16)27-13-19(26)24(3)4/h7-10,14H,6,11-13H2,1-5H3,(H,21,22). The molecule has 2 aromatic rings. The summed E-state index contributed by atoms with van der Waals surface area (Å²) in [5, 5.41) is 6.46. The third-order valence-corrected chi connectivity index (χ3v) is 4.76. The first-order chi connectivity index (χ1) is 13.4. The van der Waals surface area contributed by atoms with Crippen molar-refractivity contribution >= 4 is 23.2 Å². The van der Waals surface area contributed by atoms with E-state index in [1.165, 1.54) is 4.90 Å². The van der Waals surface area contributed by atoms with Gasteiger partial charge in [-0.1, -0.05) is 12.1 Å². The van der Waals surface area contributed by atoms with E-state index in [1.54, 1.807) is 25.4 Å². The van der Waals surface area contributed by atoms with Crippen LogP contribution in [-0.4, -0.2) is 60.9 Å². The second-order valence-corrected chi connectivity index (χ2v) is 7.67. The maximum Gasteiger partial charge on any atom is 0.259 e. The van der Waals surface area contributed by atoms with Crippen molar-refractivity contribution in [3.63, 3.8) is 0 Å². The van der Waals surface area contributed by atoms with Crippen molar-refractivity contribution in [2.45, 2.75) is 26.9 Å². The number of hydrogen-bond donors (Lipinski definition) is 1. The number of carbonyl (C=O) groups excluding carboxylic acids is 1. The molecule has 0 unspecified atom stereocenters. The number of benzene rings is 1. The summed E-state index contributed by atoms with van der Waals surface area (Å²) in [4.78, 5) is 24.5. The van der Waals surface area contributed by atoms with Gasteiger partial charge in [0.2, 0.25) is 0 Å². The second-order valence-electron chi connectivity index (χ2n) is 6.61. The van der Waals surface area contributed by atoms with E-state index in [1.807, 2.05) is 45.2 Å². The predicted octanol–water partition coefficient (Wildman–Crippen LogP) is 2.52. The molecule has 1 aromatic heterocycles. The number of thiazole rings is 1. The lowest BCUT2D eigenvalue weighted by atomic mass is 10.2. The van der Waals surface area contributed by atoms with Gasteiger partial charge >= 0.3 is 0 Å². The van der Waals surface area contributed by atoms with E-state index in [9.17, 15) is 4.79 Å². The number of guanidine groups is 1. The number of nitrogens with one attached hydrogen (secondary N) is 1. The molecule has 1 amide bonds. The van der Waals surface area contributed by atoms with E-state index in [2.05, 4.69) is 20.6 Å². The Morgan fingerprint density at radius 3 is 2.75 bits per heavy atom. The number of aliphatic imine (C=N–C) groups is 1. The molecule has 2 rings (SSSR count). The van der Waals surface area contributed by atoms with Gasteiger partial charge in [-0.25, -0.2) is 9.98 Å². The zero-order chi connectivity index (χ0) is 20.5. The van der Waals surface area contributed by atoms with Crippen LogP contribution in [0.15, 0.2) is 34.6 Å². The van der Waals surface area contributed by atoms with Gasteiger partial charge < -0.3 is 19.9 Å². The molecule has 0 atom stereocenters. The van der Waals surface area contributed by atoms with Crippen molar-refractivity contribution in [1.29, 1.82) is 0 Å². The predicted molar refractivity (Wildman–Crippen MR) is 114 cm³/mol. The molecule has 0 bridgehead atoms. The second kappa shape index (κ2) is 10.7. The van der Waals surface area contributed by atoms with Gasteiger partial charge in [0.15, 0.2) is 12.6 Å². The van der Waals surface area contributed by atoms with Crippen LogP contribution in [0.4, 0.5) is 0 Å². The maximum atomic E-state index is 11.7. The van der Waals surface area contributed by atoms with Crippen molar-refractivity contribution < 1.29 is 9.53 Å². The summed E-state index contributed by atoms with van der Waals surface area (Å²) >= 11 is 1.65. The van der Waals surface area contributed by atoms with E-state index >= 15 is 0 Å². The number of amides is 1. The van der Waals surface area contributed by atoms with E-state index in [-0.39, 0.29) is 12.5 Å². The first kappa shape index (κ1) is 21.7. The van der Waals surface area contributed by atoms with Crippen LogP contribution in [0.25, 0.3) is 0 Å². The van der Waals surface area contributed by atoms with Gasteiger partial charge in [0.05, 0.1) is 23.8 Å². The molecule has 0 aliphatic rings. The third-order valence-electron chi connectivity index (χ3n) is 3.93.